The van der Waals surface area contributed by atoms with Gasteiger partial charge in [0.25, 0.3) is 0 Å². The first kappa shape index (κ1) is 10.8. The van der Waals surface area contributed by atoms with Gasteiger partial charge in [-0.2, -0.15) is 0 Å². The number of anilines is 1. The van der Waals surface area contributed by atoms with Crippen molar-refractivity contribution in [3.05, 3.63) is 41.6 Å². The monoisotopic (exact) mass is 269 g/mol. The van der Waals surface area contributed by atoms with Gasteiger partial charge in [0.2, 0.25) is 0 Å². The zero-order valence-corrected chi connectivity index (χ0v) is 11.0. The number of thiophene rings is 1. The summed E-state index contributed by atoms with van der Waals surface area (Å²) in [7, 11) is 0. The molecule has 4 heterocycles. The van der Waals surface area contributed by atoms with E-state index < -0.39 is 0 Å². The van der Waals surface area contributed by atoms with E-state index in [1.165, 1.54) is 5.56 Å². The summed E-state index contributed by atoms with van der Waals surface area (Å²) in [6, 6.07) is 2.09. The van der Waals surface area contributed by atoms with Crippen molar-refractivity contribution in [1.82, 2.24) is 19.9 Å². The van der Waals surface area contributed by atoms with Gasteiger partial charge >= 0.3 is 0 Å². The van der Waals surface area contributed by atoms with Crippen LogP contribution in [0.2, 0.25) is 0 Å². The lowest BCUT2D eigenvalue weighted by Crippen LogP contribution is -2.31. The number of hydrogen-bond donors (Lipinski definition) is 0. The molecule has 0 saturated carbocycles. The summed E-state index contributed by atoms with van der Waals surface area (Å²) < 4.78 is 0. The quantitative estimate of drug-likeness (QED) is 0.676. The molecule has 4 rings (SSSR count). The predicted molar refractivity (Wildman–Crippen MR) is 74.2 cm³/mol. The minimum Gasteiger partial charge on any atom is -0.350 e. The molecular weight excluding hydrogens is 258 g/mol. The third-order valence-corrected chi connectivity index (χ3v) is 4.23. The molecule has 1 aliphatic rings. The summed E-state index contributed by atoms with van der Waals surface area (Å²) in [5.74, 6) is 1.01. The fourth-order valence-electron chi connectivity index (χ4n) is 2.46. The highest BCUT2D eigenvalue weighted by molar-refractivity contribution is 7.16. The van der Waals surface area contributed by atoms with Crippen LogP contribution in [0.3, 0.4) is 0 Å². The maximum atomic E-state index is 4.45. The van der Waals surface area contributed by atoms with Gasteiger partial charge in [-0.3, -0.25) is 0 Å². The second-order valence-corrected chi connectivity index (χ2v) is 5.40. The van der Waals surface area contributed by atoms with Gasteiger partial charge < -0.3 is 4.90 Å². The average molecular weight is 269 g/mol. The van der Waals surface area contributed by atoms with Crippen LogP contribution in [-0.4, -0.2) is 26.5 Å². The Morgan fingerprint density at radius 3 is 3.16 bits per heavy atom. The molecule has 0 amide bonds. The SMILES string of the molecule is c1ncc2c(n1)CN(c1ncnc3sccc13)CC2. The molecule has 0 saturated heterocycles. The van der Waals surface area contributed by atoms with E-state index in [0.717, 1.165) is 41.2 Å². The third kappa shape index (κ3) is 1.76. The number of nitrogens with zero attached hydrogens (tertiary/aromatic N) is 5. The standard InChI is InChI=1S/C13H11N5S/c1-3-18(6-11-9(1)5-14-7-15-11)12-10-2-4-19-13(10)17-8-16-12/h2,4-5,7-8H,1,3,6H2. The zero-order chi connectivity index (χ0) is 12.7. The van der Waals surface area contributed by atoms with E-state index in [0.29, 0.717) is 0 Å². The molecule has 0 aliphatic carbocycles. The summed E-state index contributed by atoms with van der Waals surface area (Å²) in [6.07, 6.45) is 6.14. The molecule has 0 spiro atoms. The second-order valence-electron chi connectivity index (χ2n) is 4.50. The van der Waals surface area contributed by atoms with Gasteiger partial charge in [-0.25, -0.2) is 19.9 Å². The van der Waals surface area contributed by atoms with Crippen molar-refractivity contribution in [2.75, 3.05) is 11.4 Å². The molecule has 0 bridgehead atoms. The van der Waals surface area contributed by atoms with Gasteiger partial charge in [-0.05, 0) is 23.4 Å². The molecule has 3 aromatic rings. The topological polar surface area (TPSA) is 54.8 Å². The summed E-state index contributed by atoms with van der Waals surface area (Å²) >= 11 is 1.65. The summed E-state index contributed by atoms with van der Waals surface area (Å²) in [6.45, 7) is 1.74. The number of rotatable bonds is 1. The fourth-order valence-corrected chi connectivity index (χ4v) is 3.19. The van der Waals surface area contributed by atoms with Crippen molar-refractivity contribution in [3.8, 4) is 0 Å². The number of aromatic nitrogens is 4. The van der Waals surface area contributed by atoms with E-state index in [4.69, 9.17) is 0 Å². The molecule has 0 aromatic carbocycles. The Balaban J connectivity index is 1.77. The van der Waals surface area contributed by atoms with Gasteiger partial charge in [0, 0.05) is 12.7 Å². The lowest BCUT2D eigenvalue weighted by Gasteiger charge is -2.28. The first-order valence-corrected chi connectivity index (χ1v) is 7.01. The van der Waals surface area contributed by atoms with Crippen molar-refractivity contribution in [1.29, 1.82) is 0 Å². The van der Waals surface area contributed by atoms with Crippen LogP contribution in [0.4, 0.5) is 5.82 Å². The van der Waals surface area contributed by atoms with Gasteiger partial charge in [-0.15, -0.1) is 11.3 Å². The van der Waals surface area contributed by atoms with E-state index in [-0.39, 0.29) is 0 Å². The highest BCUT2D eigenvalue weighted by Gasteiger charge is 2.20. The molecule has 0 radical (unpaired) electrons. The van der Waals surface area contributed by atoms with E-state index in [9.17, 15) is 0 Å². The number of fused-ring (bicyclic) bond motifs is 2. The molecule has 0 fully saturated rings. The normalized spacial score (nSPS) is 14.6. The first-order chi connectivity index (χ1) is 9.42. The predicted octanol–water partition coefficient (Wildman–Crippen LogP) is 2.04. The lowest BCUT2D eigenvalue weighted by atomic mass is 10.1. The van der Waals surface area contributed by atoms with Crippen LogP contribution < -0.4 is 4.90 Å². The van der Waals surface area contributed by atoms with Crippen molar-refractivity contribution in [2.45, 2.75) is 13.0 Å². The van der Waals surface area contributed by atoms with Gasteiger partial charge in [0.05, 0.1) is 17.6 Å². The maximum absolute atomic E-state index is 4.45. The molecule has 94 valence electrons. The molecule has 6 heteroatoms. The summed E-state index contributed by atoms with van der Waals surface area (Å²) in [5, 5.41) is 3.19. The minimum absolute atomic E-state index is 0.791. The van der Waals surface area contributed by atoms with Crippen LogP contribution in [0.5, 0.6) is 0 Å². The molecule has 0 N–H and O–H groups in total. The van der Waals surface area contributed by atoms with E-state index in [1.54, 1.807) is 24.0 Å². The van der Waals surface area contributed by atoms with Crippen molar-refractivity contribution in [3.63, 3.8) is 0 Å². The van der Waals surface area contributed by atoms with Crippen LogP contribution in [0, 0.1) is 0 Å². The Bertz CT molecular complexity index is 738. The van der Waals surface area contributed by atoms with Gasteiger partial charge in [0.1, 0.15) is 23.3 Å². The zero-order valence-electron chi connectivity index (χ0n) is 10.2. The van der Waals surface area contributed by atoms with Crippen LogP contribution in [0.25, 0.3) is 10.2 Å². The van der Waals surface area contributed by atoms with Crippen LogP contribution >= 0.6 is 11.3 Å². The van der Waals surface area contributed by atoms with Crippen molar-refractivity contribution >= 4 is 27.4 Å². The third-order valence-electron chi connectivity index (χ3n) is 3.41. The van der Waals surface area contributed by atoms with Crippen molar-refractivity contribution in [2.24, 2.45) is 0 Å². The fraction of sp³-hybridized carbons (Fsp3) is 0.231. The molecule has 0 unspecified atom stereocenters. The number of hydrogen-bond acceptors (Lipinski definition) is 6. The Morgan fingerprint density at radius 2 is 2.16 bits per heavy atom. The van der Waals surface area contributed by atoms with Crippen molar-refractivity contribution < 1.29 is 0 Å². The van der Waals surface area contributed by atoms with E-state index >= 15 is 0 Å². The smallest absolute Gasteiger partial charge is 0.141 e. The average Bonchev–Trinajstić information content (AvgIpc) is 2.95. The second kappa shape index (κ2) is 4.24. The van der Waals surface area contributed by atoms with Gasteiger partial charge in [0.15, 0.2) is 0 Å². The first-order valence-electron chi connectivity index (χ1n) is 6.13. The highest BCUT2D eigenvalue weighted by Crippen LogP contribution is 2.29. The Labute approximate surface area is 114 Å². The minimum atomic E-state index is 0.791. The van der Waals surface area contributed by atoms with E-state index in [2.05, 4.69) is 36.3 Å². The molecule has 19 heavy (non-hydrogen) atoms. The molecule has 3 aromatic heterocycles. The van der Waals surface area contributed by atoms with Gasteiger partial charge in [-0.1, -0.05) is 0 Å². The van der Waals surface area contributed by atoms with Crippen LogP contribution in [0.15, 0.2) is 30.3 Å². The summed E-state index contributed by atoms with van der Waals surface area (Å²) in [5.41, 5.74) is 2.35. The van der Waals surface area contributed by atoms with E-state index in [1.807, 2.05) is 6.20 Å². The summed E-state index contributed by atoms with van der Waals surface area (Å²) in [4.78, 5) is 20.5. The lowest BCUT2D eigenvalue weighted by molar-refractivity contribution is 0.696. The Hall–Kier alpha value is -2.08. The largest absolute Gasteiger partial charge is 0.350 e. The maximum Gasteiger partial charge on any atom is 0.141 e. The highest BCUT2D eigenvalue weighted by atomic mass is 32.1. The Kier molecular flexibility index (Phi) is 2.41. The molecule has 1 aliphatic heterocycles. The molecular formula is C13H11N5S. The molecule has 5 nitrogen and oxygen atoms in total. The van der Waals surface area contributed by atoms with Crippen LogP contribution in [0.1, 0.15) is 11.3 Å². The molecule has 0 atom stereocenters. The van der Waals surface area contributed by atoms with Crippen LogP contribution in [-0.2, 0) is 13.0 Å². The Morgan fingerprint density at radius 1 is 1.16 bits per heavy atom.